The lowest BCUT2D eigenvalue weighted by Gasteiger charge is -2.27. The number of hydrazone groups is 1. The summed E-state index contributed by atoms with van der Waals surface area (Å²) in [6, 6.07) is -1.33. The quantitative estimate of drug-likeness (QED) is 0.239. The summed E-state index contributed by atoms with van der Waals surface area (Å²) in [5, 5.41) is 9.85. The number of aromatic nitrogens is 2. The average molecular weight is 329 g/mol. The van der Waals surface area contributed by atoms with Crippen LogP contribution < -0.4 is 17.0 Å². The SMILES string of the molecule is CNc1cnn(C(CC(F)F)/C(=N/N)N(N)CC(F)(F)F)c1. The highest BCUT2D eigenvalue weighted by molar-refractivity contribution is 5.85. The van der Waals surface area contributed by atoms with Crippen LogP contribution in [0.2, 0.25) is 0 Å². The summed E-state index contributed by atoms with van der Waals surface area (Å²) in [5.41, 5.74) is 0.482. The molecule has 0 spiro atoms. The van der Waals surface area contributed by atoms with Crippen molar-refractivity contribution < 1.29 is 22.0 Å². The lowest BCUT2D eigenvalue weighted by Crippen LogP contribution is -2.48. The van der Waals surface area contributed by atoms with Crippen molar-refractivity contribution in [1.29, 1.82) is 0 Å². The van der Waals surface area contributed by atoms with Crippen LogP contribution in [0.15, 0.2) is 17.5 Å². The van der Waals surface area contributed by atoms with Crippen molar-refractivity contribution in [3.63, 3.8) is 0 Å². The van der Waals surface area contributed by atoms with Gasteiger partial charge in [-0.2, -0.15) is 23.4 Å². The molecule has 7 nitrogen and oxygen atoms in total. The minimum absolute atomic E-state index is 0.188. The highest BCUT2D eigenvalue weighted by Gasteiger charge is 2.35. The monoisotopic (exact) mass is 329 g/mol. The normalized spacial score (nSPS) is 14.3. The topological polar surface area (TPSA) is 97.5 Å². The van der Waals surface area contributed by atoms with Gasteiger partial charge in [0.05, 0.1) is 11.9 Å². The second kappa shape index (κ2) is 7.24. The van der Waals surface area contributed by atoms with Crippen LogP contribution in [-0.4, -0.2) is 46.8 Å². The highest BCUT2D eigenvalue weighted by atomic mass is 19.4. The third kappa shape index (κ3) is 5.02. The van der Waals surface area contributed by atoms with Gasteiger partial charge in [0.1, 0.15) is 12.6 Å². The Morgan fingerprint density at radius 1 is 1.50 bits per heavy atom. The molecule has 1 rings (SSSR count). The van der Waals surface area contributed by atoms with E-state index in [0.717, 1.165) is 4.68 Å². The molecule has 0 aromatic carbocycles. The van der Waals surface area contributed by atoms with Crippen molar-refractivity contribution >= 4 is 11.5 Å². The van der Waals surface area contributed by atoms with Crippen LogP contribution in [0, 0.1) is 0 Å². The molecule has 1 aromatic heterocycles. The van der Waals surface area contributed by atoms with Gasteiger partial charge in [-0.15, -0.1) is 0 Å². The maximum absolute atomic E-state index is 12.7. The van der Waals surface area contributed by atoms with Crippen LogP contribution in [0.3, 0.4) is 0 Å². The number of nitrogens with zero attached hydrogens (tertiary/aromatic N) is 4. The lowest BCUT2D eigenvalue weighted by atomic mass is 10.2. The molecule has 0 aliphatic carbocycles. The molecule has 1 unspecified atom stereocenters. The van der Waals surface area contributed by atoms with Crippen molar-refractivity contribution in [2.75, 3.05) is 18.9 Å². The van der Waals surface area contributed by atoms with E-state index in [1.165, 1.54) is 12.4 Å². The molecule has 0 bridgehead atoms. The van der Waals surface area contributed by atoms with Gasteiger partial charge in [0.25, 0.3) is 0 Å². The Kier molecular flexibility index (Phi) is 5.91. The van der Waals surface area contributed by atoms with Gasteiger partial charge >= 0.3 is 6.18 Å². The molecule has 0 fully saturated rings. The second-order valence-corrected chi connectivity index (χ2v) is 4.33. The molecule has 1 aromatic rings. The van der Waals surface area contributed by atoms with E-state index in [-0.39, 0.29) is 5.01 Å². The van der Waals surface area contributed by atoms with Gasteiger partial charge in [0.15, 0.2) is 5.84 Å². The lowest BCUT2D eigenvalue weighted by molar-refractivity contribution is -0.138. The Balaban J connectivity index is 3.07. The van der Waals surface area contributed by atoms with Gasteiger partial charge in [0.2, 0.25) is 6.43 Å². The van der Waals surface area contributed by atoms with Crippen molar-refractivity contribution in [2.45, 2.75) is 25.1 Å². The number of nitrogens with one attached hydrogen (secondary N) is 1. The maximum atomic E-state index is 12.7. The molecule has 1 atom stereocenters. The molecule has 0 aliphatic rings. The van der Waals surface area contributed by atoms with Gasteiger partial charge < -0.3 is 11.2 Å². The fraction of sp³-hybridized carbons (Fsp3) is 0.600. The maximum Gasteiger partial charge on any atom is 0.407 e. The molecule has 0 amide bonds. The van der Waals surface area contributed by atoms with Crippen LogP contribution >= 0.6 is 0 Å². The highest BCUT2D eigenvalue weighted by Crippen LogP contribution is 2.23. The number of halogens is 5. The minimum Gasteiger partial charge on any atom is -0.386 e. The van der Waals surface area contributed by atoms with Gasteiger partial charge in [-0.05, 0) is 0 Å². The molecule has 0 saturated carbocycles. The molecule has 1 heterocycles. The van der Waals surface area contributed by atoms with Crippen LogP contribution in [0.25, 0.3) is 0 Å². The summed E-state index contributed by atoms with van der Waals surface area (Å²) in [6.45, 7) is -1.58. The fourth-order valence-corrected chi connectivity index (χ4v) is 1.76. The Bertz CT molecular complexity index is 498. The van der Waals surface area contributed by atoms with Crippen molar-refractivity contribution in [1.82, 2.24) is 14.8 Å². The minimum atomic E-state index is -4.64. The van der Waals surface area contributed by atoms with Gasteiger partial charge in [0, 0.05) is 19.7 Å². The predicted molar refractivity (Wildman–Crippen MR) is 70.0 cm³/mol. The third-order valence-corrected chi connectivity index (χ3v) is 2.69. The molecule has 5 N–H and O–H groups in total. The van der Waals surface area contributed by atoms with E-state index >= 15 is 0 Å². The number of alkyl halides is 5. The Hall–Kier alpha value is -2.11. The first kappa shape index (κ1) is 17.9. The summed E-state index contributed by atoms with van der Waals surface area (Å²) < 4.78 is 63.6. The first-order valence-corrected chi connectivity index (χ1v) is 6.04. The largest absolute Gasteiger partial charge is 0.407 e. The third-order valence-electron chi connectivity index (χ3n) is 2.69. The fourth-order valence-electron chi connectivity index (χ4n) is 1.76. The summed E-state index contributed by atoms with van der Waals surface area (Å²) in [4.78, 5) is 0. The van der Waals surface area contributed by atoms with Crippen molar-refractivity contribution in [3.05, 3.63) is 12.4 Å². The van der Waals surface area contributed by atoms with E-state index in [0.29, 0.717) is 5.69 Å². The second-order valence-electron chi connectivity index (χ2n) is 4.33. The van der Waals surface area contributed by atoms with E-state index in [2.05, 4.69) is 15.5 Å². The molecule has 0 radical (unpaired) electrons. The Morgan fingerprint density at radius 3 is 2.55 bits per heavy atom. The van der Waals surface area contributed by atoms with Crippen LogP contribution in [0.4, 0.5) is 27.6 Å². The van der Waals surface area contributed by atoms with Gasteiger partial charge in [-0.1, -0.05) is 0 Å². The smallest absolute Gasteiger partial charge is 0.386 e. The number of anilines is 1. The molecule has 0 saturated heterocycles. The number of hydrazine groups is 1. The first-order chi connectivity index (χ1) is 10.2. The molecule has 22 heavy (non-hydrogen) atoms. The summed E-state index contributed by atoms with van der Waals surface area (Å²) in [6.07, 6.45) is -5.65. The van der Waals surface area contributed by atoms with Crippen LogP contribution in [0.5, 0.6) is 0 Å². The zero-order chi connectivity index (χ0) is 16.9. The standard InChI is InChI=1S/C10H16F5N7/c1-18-6-3-19-22(4-6)7(2-8(11)12)9(20-16)21(17)5-10(13,14)15/h3-4,7-8,18H,2,5,16-17H2,1H3/b20-9-. The molecule has 126 valence electrons. The van der Waals surface area contributed by atoms with E-state index < -0.39 is 37.4 Å². The van der Waals surface area contributed by atoms with Crippen molar-refractivity contribution in [2.24, 2.45) is 16.8 Å². The van der Waals surface area contributed by atoms with Crippen molar-refractivity contribution in [3.8, 4) is 0 Å². The molecule has 12 heteroatoms. The molecular formula is C10H16F5N7. The average Bonchev–Trinajstić information content (AvgIpc) is 2.84. The number of hydrogen-bond donors (Lipinski definition) is 3. The molecular weight excluding hydrogens is 313 g/mol. The number of amidine groups is 1. The first-order valence-electron chi connectivity index (χ1n) is 6.04. The van der Waals surface area contributed by atoms with E-state index in [4.69, 9.17) is 11.7 Å². The van der Waals surface area contributed by atoms with Crippen LogP contribution in [0.1, 0.15) is 12.5 Å². The zero-order valence-corrected chi connectivity index (χ0v) is 11.6. The Morgan fingerprint density at radius 2 is 2.14 bits per heavy atom. The number of hydrogen-bond acceptors (Lipinski definition) is 5. The van der Waals surface area contributed by atoms with E-state index in [1.807, 2.05) is 0 Å². The number of rotatable bonds is 6. The summed E-state index contributed by atoms with van der Waals surface area (Å²) >= 11 is 0. The van der Waals surface area contributed by atoms with Crippen LogP contribution in [-0.2, 0) is 0 Å². The zero-order valence-electron chi connectivity index (χ0n) is 11.6. The predicted octanol–water partition coefficient (Wildman–Crippen LogP) is 1.13. The summed E-state index contributed by atoms with van der Waals surface area (Å²) in [7, 11) is 1.57. The van der Waals surface area contributed by atoms with Gasteiger partial charge in [-0.3, -0.25) is 9.69 Å². The van der Waals surface area contributed by atoms with Gasteiger partial charge in [-0.25, -0.2) is 14.6 Å². The van der Waals surface area contributed by atoms with E-state index in [9.17, 15) is 22.0 Å². The Labute approximate surface area is 122 Å². The van der Waals surface area contributed by atoms with E-state index in [1.54, 1.807) is 7.05 Å². The molecule has 0 aliphatic heterocycles. The number of nitrogens with two attached hydrogens (primary N) is 2. The summed E-state index contributed by atoms with van der Waals surface area (Å²) in [5.74, 6) is 9.76.